The normalized spacial score (nSPS) is 13.1. The minimum absolute atomic E-state index is 0.00899. The van der Waals surface area contributed by atoms with Gasteiger partial charge >= 0.3 is 6.18 Å². The first-order chi connectivity index (χ1) is 11.2. The largest absolute Gasteiger partial charge is 0.416 e. The van der Waals surface area contributed by atoms with Crippen molar-refractivity contribution in [3.05, 3.63) is 47.5 Å². The lowest BCUT2D eigenvalue weighted by atomic mass is 10.0. The molecule has 0 radical (unpaired) electrons. The minimum atomic E-state index is -4.49. The lowest BCUT2D eigenvalue weighted by Gasteiger charge is -2.22. The molecular weight excluding hydrogens is 321 g/mol. The second-order valence-electron chi connectivity index (χ2n) is 5.86. The summed E-state index contributed by atoms with van der Waals surface area (Å²) in [5.41, 5.74) is -0.845. The van der Waals surface area contributed by atoms with Crippen molar-refractivity contribution in [3.63, 3.8) is 0 Å². The topological polar surface area (TPSA) is 59.8 Å². The first-order valence-electron chi connectivity index (χ1n) is 7.48. The number of nitrogens with zero attached hydrogens (tertiary/aromatic N) is 3. The van der Waals surface area contributed by atoms with E-state index in [9.17, 15) is 18.0 Å². The number of amides is 1. The molecule has 5 nitrogen and oxygen atoms in total. The van der Waals surface area contributed by atoms with Crippen LogP contribution in [0.4, 0.5) is 13.2 Å². The lowest BCUT2D eigenvalue weighted by molar-refractivity contribution is -0.138. The SMILES string of the molecule is CC(C)[C@H](NC(=O)Cc1ccccc1C(F)(F)F)c1ncnn1C. The summed E-state index contributed by atoms with van der Waals surface area (Å²) in [6.07, 6.45) is -3.47. The van der Waals surface area contributed by atoms with Crippen LogP contribution in [-0.2, 0) is 24.4 Å². The molecule has 24 heavy (non-hydrogen) atoms. The molecule has 0 spiro atoms. The maximum Gasteiger partial charge on any atom is 0.416 e. The summed E-state index contributed by atoms with van der Waals surface area (Å²) in [5.74, 6) is 0.0746. The van der Waals surface area contributed by atoms with Crippen LogP contribution in [0.5, 0.6) is 0 Å². The summed E-state index contributed by atoms with van der Waals surface area (Å²) in [7, 11) is 1.70. The van der Waals surface area contributed by atoms with Gasteiger partial charge in [0.05, 0.1) is 18.0 Å². The molecule has 1 atom stereocenters. The highest BCUT2D eigenvalue weighted by molar-refractivity contribution is 5.79. The Labute approximate surface area is 137 Å². The van der Waals surface area contributed by atoms with Gasteiger partial charge in [-0.2, -0.15) is 18.3 Å². The Kier molecular flexibility index (Phi) is 5.26. The van der Waals surface area contributed by atoms with Crippen LogP contribution in [0.25, 0.3) is 0 Å². The maximum atomic E-state index is 13.0. The standard InChI is InChI=1S/C16H19F3N4O/c1-10(2)14(15-20-9-21-23(15)3)22-13(24)8-11-6-4-5-7-12(11)16(17,18)19/h4-7,9-10,14H,8H2,1-3H3,(H,22,24)/t14-/m0/s1. The van der Waals surface area contributed by atoms with Gasteiger partial charge in [0.15, 0.2) is 0 Å². The highest BCUT2D eigenvalue weighted by Crippen LogP contribution is 2.32. The van der Waals surface area contributed by atoms with Crippen LogP contribution >= 0.6 is 0 Å². The lowest BCUT2D eigenvalue weighted by Crippen LogP contribution is -2.35. The molecule has 0 aliphatic heterocycles. The van der Waals surface area contributed by atoms with Crippen molar-refractivity contribution in [2.75, 3.05) is 0 Å². The van der Waals surface area contributed by atoms with Crippen molar-refractivity contribution < 1.29 is 18.0 Å². The molecule has 1 amide bonds. The zero-order valence-electron chi connectivity index (χ0n) is 13.6. The number of hydrogen-bond acceptors (Lipinski definition) is 3. The Morgan fingerprint density at radius 2 is 1.96 bits per heavy atom. The number of rotatable bonds is 5. The van der Waals surface area contributed by atoms with Crippen molar-refractivity contribution in [1.82, 2.24) is 20.1 Å². The van der Waals surface area contributed by atoms with E-state index in [1.54, 1.807) is 7.05 Å². The molecule has 130 valence electrons. The van der Waals surface area contributed by atoms with E-state index in [0.29, 0.717) is 5.82 Å². The van der Waals surface area contributed by atoms with E-state index >= 15 is 0 Å². The molecule has 0 saturated heterocycles. The summed E-state index contributed by atoms with van der Waals surface area (Å²) in [4.78, 5) is 16.4. The van der Waals surface area contributed by atoms with Gasteiger partial charge in [-0.25, -0.2) is 4.98 Å². The first-order valence-corrected chi connectivity index (χ1v) is 7.48. The zero-order valence-corrected chi connectivity index (χ0v) is 13.6. The fourth-order valence-electron chi connectivity index (χ4n) is 2.46. The summed E-state index contributed by atoms with van der Waals surface area (Å²) < 4.78 is 40.6. The fraction of sp³-hybridized carbons (Fsp3) is 0.438. The molecule has 0 bridgehead atoms. The fourth-order valence-corrected chi connectivity index (χ4v) is 2.46. The molecule has 1 aromatic carbocycles. The predicted molar refractivity (Wildman–Crippen MR) is 81.9 cm³/mol. The average molecular weight is 340 g/mol. The number of hydrogen-bond donors (Lipinski definition) is 1. The van der Waals surface area contributed by atoms with E-state index in [1.165, 1.54) is 29.2 Å². The van der Waals surface area contributed by atoms with Crippen molar-refractivity contribution in [2.45, 2.75) is 32.5 Å². The van der Waals surface area contributed by atoms with Gasteiger partial charge in [0.1, 0.15) is 12.2 Å². The van der Waals surface area contributed by atoms with Gasteiger partial charge in [-0.05, 0) is 17.5 Å². The zero-order chi connectivity index (χ0) is 17.9. The monoisotopic (exact) mass is 340 g/mol. The van der Waals surface area contributed by atoms with Crippen molar-refractivity contribution in [2.24, 2.45) is 13.0 Å². The third-order valence-corrected chi connectivity index (χ3v) is 3.68. The molecule has 0 aliphatic rings. The molecule has 0 saturated carbocycles. The highest BCUT2D eigenvalue weighted by atomic mass is 19.4. The Balaban J connectivity index is 2.17. The number of carbonyl (C=O) groups is 1. The quantitative estimate of drug-likeness (QED) is 0.910. The summed E-state index contributed by atoms with van der Waals surface area (Å²) in [6, 6.07) is 4.66. The molecule has 1 heterocycles. The molecule has 2 rings (SSSR count). The van der Waals surface area contributed by atoms with Crippen LogP contribution in [0.15, 0.2) is 30.6 Å². The summed E-state index contributed by atoms with van der Waals surface area (Å²) in [5, 5.41) is 6.72. The van der Waals surface area contributed by atoms with Crippen LogP contribution in [0, 0.1) is 5.92 Å². The van der Waals surface area contributed by atoms with Crippen LogP contribution in [0.2, 0.25) is 0 Å². The number of aromatic nitrogens is 3. The van der Waals surface area contributed by atoms with Gasteiger partial charge in [0, 0.05) is 7.05 Å². The molecule has 0 unspecified atom stereocenters. The van der Waals surface area contributed by atoms with Crippen molar-refractivity contribution in [3.8, 4) is 0 Å². The van der Waals surface area contributed by atoms with Gasteiger partial charge in [-0.15, -0.1) is 0 Å². The Bertz CT molecular complexity index is 709. The third-order valence-electron chi connectivity index (χ3n) is 3.68. The second kappa shape index (κ2) is 7.02. The third kappa shape index (κ3) is 4.12. The number of nitrogens with one attached hydrogen (secondary N) is 1. The first kappa shape index (κ1) is 18.0. The van der Waals surface area contributed by atoms with E-state index < -0.39 is 23.7 Å². The van der Waals surface area contributed by atoms with Crippen molar-refractivity contribution >= 4 is 5.91 Å². The van der Waals surface area contributed by atoms with E-state index in [4.69, 9.17) is 0 Å². The number of carbonyl (C=O) groups excluding carboxylic acids is 1. The van der Waals surface area contributed by atoms with E-state index in [-0.39, 0.29) is 17.9 Å². The van der Waals surface area contributed by atoms with Gasteiger partial charge in [-0.3, -0.25) is 9.48 Å². The van der Waals surface area contributed by atoms with Crippen LogP contribution in [0.1, 0.15) is 36.8 Å². The number of aryl methyl sites for hydroxylation is 1. The van der Waals surface area contributed by atoms with Gasteiger partial charge in [0.2, 0.25) is 5.91 Å². The number of benzene rings is 1. The van der Waals surface area contributed by atoms with E-state index in [0.717, 1.165) is 6.07 Å². The molecule has 0 fully saturated rings. The van der Waals surface area contributed by atoms with Crippen LogP contribution in [0.3, 0.4) is 0 Å². The molecular formula is C16H19F3N4O. The molecule has 1 N–H and O–H groups in total. The predicted octanol–water partition coefficient (Wildman–Crippen LogP) is 2.89. The maximum absolute atomic E-state index is 13.0. The van der Waals surface area contributed by atoms with Gasteiger partial charge < -0.3 is 5.32 Å². The molecule has 1 aromatic heterocycles. The minimum Gasteiger partial charge on any atom is -0.346 e. The summed E-state index contributed by atoms with van der Waals surface area (Å²) in [6.45, 7) is 3.78. The summed E-state index contributed by atoms with van der Waals surface area (Å²) >= 11 is 0. The number of halogens is 3. The molecule has 0 aliphatic carbocycles. The highest BCUT2D eigenvalue weighted by Gasteiger charge is 2.33. The van der Waals surface area contributed by atoms with Gasteiger partial charge in [-0.1, -0.05) is 32.0 Å². The van der Waals surface area contributed by atoms with E-state index in [2.05, 4.69) is 15.4 Å². The molecule has 8 heteroatoms. The number of alkyl halides is 3. The van der Waals surface area contributed by atoms with Crippen molar-refractivity contribution in [1.29, 1.82) is 0 Å². The Morgan fingerprint density at radius 3 is 2.50 bits per heavy atom. The van der Waals surface area contributed by atoms with E-state index in [1.807, 2.05) is 13.8 Å². The van der Waals surface area contributed by atoms with Crippen LogP contribution < -0.4 is 5.32 Å². The smallest absolute Gasteiger partial charge is 0.346 e. The Morgan fingerprint density at radius 1 is 1.29 bits per heavy atom. The molecule has 2 aromatic rings. The van der Waals surface area contributed by atoms with Crippen LogP contribution in [-0.4, -0.2) is 20.7 Å². The average Bonchev–Trinajstić information content (AvgIpc) is 2.90. The Hall–Kier alpha value is -2.38. The van der Waals surface area contributed by atoms with Gasteiger partial charge in [0.25, 0.3) is 0 Å². The second-order valence-corrected chi connectivity index (χ2v) is 5.86.